The number of hydrogen-bond donors (Lipinski definition) is 1. The molecule has 20 heavy (non-hydrogen) atoms. The van der Waals surface area contributed by atoms with Crippen LogP contribution in [0.3, 0.4) is 0 Å². The van der Waals surface area contributed by atoms with Crippen molar-refractivity contribution in [1.82, 2.24) is 9.97 Å². The number of aromatic nitrogens is 2. The molecule has 0 aliphatic rings. The average molecular weight is 445 g/mol. The van der Waals surface area contributed by atoms with Crippen LogP contribution in [0.4, 0.5) is 10.2 Å². The molecule has 2 rings (SSSR count). The van der Waals surface area contributed by atoms with Gasteiger partial charge in [-0.1, -0.05) is 11.6 Å². The van der Waals surface area contributed by atoms with Crippen molar-refractivity contribution in [2.45, 2.75) is 4.90 Å². The molecule has 2 aromatic rings. The van der Waals surface area contributed by atoms with Crippen LogP contribution in [0.2, 0.25) is 5.02 Å². The lowest BCUT2D eigenvalue weighted by molar-refractivity contribution is 0.570. The van der Waals surface area contributed by atoms with Gasteiger partial charge in [-0.15, -0.1) is 0 Å². The van der Waals surface area contributed by atoms with E-state index in [9.17, 15) is 12.8 Å². The molecule has 0 radical (unpaired) electrons. The fourth-order valence-corrected chi connectivity index (χ4v) is 3.57. The smallest absolute Gasteiger partial charge is 0.261 e. The Hall–Kier alpha value is -0.770. The number of benzene rings is 1. The first kappa shape index (κ1) is 15.6. The monoisotopic (exact) mass is 443 g/mol. The number of rotatable bonds is 3. The predicted molar refractivity (Wildman–Crippen MR) is 79.7 cm³/mol. The Bertz CT molecular complexity index is 773. The van der Waals surface area contributed by atoms with Crippen molar-refractivity contribution < 1.29 is 12.8 Å². The highest BCUT2D eigenvalue weighted by Crippen LogP contribution is 2.24. The summed E-state index contributed by atoms with van der Waals surface area (Å²) in [5, 5.41) is 0.103. The molecule has 0 fully saturated rings. The lowest BCUT2D eigenvalue weighted by Crippen LogP contribution is -2.16. The highest BCUT2D eigenvalue weighted by molar-refractivity contribution is 9.11. The molecule has 5 nitrogen and oxygen atoms in total. The summed E-state index contributed by atoms with van der Waals surface area (Å²) in [5.41, 5.74) is 0. The van der Waals surface area contributed by atoms with Gasteiger partial charge in [-0.2, -0.15) is 0 Å². The van der Waals surface area contributed by atoms with Crippen LogP contribution < -0.4 is 4.72 Å². The van der Waals surface area contributed by atoms with Crippen LogP contribution >= 0.6 is 43.5 Å². The van der Waals surface area contributed by atoms with Crippen molar-refractivity contribution in [2.75, 3.05) is 4.72 Å². The lowest BCUT2D eigenvalue weighted by Gasteiger charge is -2.09. The highest BCUT2D eigenvalue weighted by Gasteiger charge is 2.21. The van der Waals surface area contributed by atoms with E-state index >= 15 is 0 Å². The van der Waals surface area contributed by atoms with Gasteiger partial charge in [-0.3, -0.25) is 4.72 Å². The third kappa shape index (κ3) is 3.46. The number of nitrogens with zero attached hydrogens (tertiary/aromatic N) is 2. The Morgan fingerprint density at radius 1 is 1.30 bits per heavy atom. The van der Waals surface area contributed by atoms with Gasteiger partial charge in [0.2, 0.25) is 0 Å². The van der Waals surface area contributed by atoms with E-state index < -0.39 is 20.7 Å². The van der Waals surface area contributed by atoms with Crippen molar-refractivity contribution in [3.8, 4) is 0 Å². The molecule has 0 saturated heterocycles. The molecular weight excluding hydrogens is 440 g/mol. The number of sulfonamides is 1. The van der Waals surface area contributed by atoms with Gasteiger partial charge in [0.1, 0.15) is 15.3 Å². The summed E-state index contributed by atoms with van der Waals surface area (Å²) < 4.78 is 40.5. The Labute approximate surface area is 135 Å². The van der Waals surface area contributed by atoms with E-state index in [-0.39, 0.29) is 15.4 Å². The van der Waals surface area contributed by atoms with Crippen LogP contribution in [0.25, 0.3) is 0 Å². The predicted octanol–water partition coefficient (Wildman–Crippen LogP) is 3.59. The summed E-state index contributed by atoms with van der Waals surface area (Å²) in [6.45, 7) is 0. The molecule has 0 atom stereocenters. The second-order valence-corrected chi connectivity index (χ2v) is 7.16. The Balaban J connectivity index is 2.41. The van der Waals surface area contributed by atoms with Crippen molar-refractivity contribution in [3.05, 3.63) is 44.4 Å². The van der Waals surface area contributed by atoms with Crippen molar-refractivity contribution in [3.63, 3.8) is 0 Å². The molecule has 0 unspecified atom stereocenters. The maximum Gasteiger partial charge on any atom is 0.266 e. The lowest BCUT2D eigenvalue weighted by atomic mass is 10.3. The maximum atomic E-state index is 13.7. The van der Waals surface area contributed by atoms with E-state index in [0.29, 0.717) is 4.60 Å². The summed E-state index contributed by atoms with van der Waals surface area (Å²) in [5.74, 6) is -1.01. The van der Waals surface area contributed by atoms with Crippen molar-refractivity contribution in [2.24, 2.45) is 0 Å². The van der Waals surface area contributed by atoms with E-state index in [4.69, 9.17) is 11.6 Å². The molecular formula is C10H5Br2ClFN3O2S. The summed E-state index contributed by atoms with van der Waals surface area (Å²) in [6.07, 6.45) is 1.31. The molecule has 0 spiro atoms. The SMILES string of the molecule is O=S(=O)(Nc1ncc(Br)nc1Br)c1ccc(Cl)cc1F. The van der Waals surface area contributed by atoms with Gasteiger partial charge in [0.05, 0.1) is 6.20 Å². The molecule has 0 saturated carbocycles. The van der Waals surface area contributed by atoms with Crippen LogP contribution in [-0.2, 0) is 10.0 Å². The van der Waals surface area contributed by atoms with Gasteiger partial charge in [-0.25, -0.2) is 22.8 Å². The van der Waals surface area contributed by atoms with Gasteiger partial charge in [-0.05, 0) is 50.1 Å². The first-order chi connectivity index (χ1) is 9.29. The van der Waals surface area contributed by atoms with Gasteiger partial charge in [0.25, 0.3) is 10.0 Å². The molecule has 10 heteroatoms. The van der Waals surface area contributed by atoms with Crippen LogP contribution in [0.5, 0.6) is 0 Å². The van der Waals surface area contributed by atoms with Gasteiger partial charge in [0, 0.05) is 5.02 Å². The summed E-state index contributed by atoms with van der Waals surface area (Å²) in [6, 6.07) is 3.26. The second kappa shape index (κ2) is 5.92. The topological polar surface area (TPSA) is 72.0 Å². The molecule has 0 amide bonds. The fourth-order valence-electron chi connectivity index (χ4n) is 1.29. The number of nitrogens with one attached hydrogen (secondary N) is 1. The first-order valence-corrected chi connectivity index (χ1v) is 8.40. The quantitative estimate of drug-likeness (QED) is 0.784. The standard InChI is InChI=1S/C10H5Br2ClFN3O2S/c11-8-4-15-10(9(12)16-8)17-20(18,19)7-2-1-5(13)3-6(7)14/h1-4H,(H,15,17). The van der Waals surface area contributed by atoms with E-state index in [1.807, 2.05) is 0 Å². The van der Waals surface area contributed by atoms with E-state index in [0.717, 1.165) is 12.1 Å². The molecule has 1 aromatic carbocycles. The Morgan fingerprint density at radius 2 is 2.00 bits per heavy atom. The zero-order valence-corrected chi connectivity index (χ0v) is 14.2. The Kier molecular flexibility index (Phi) is 4.62. The molecule has 0 aliphatic heterocycles. The molecule has 1 N–H and O–H groups in total. The zero-order chi connectivity index (χ0) is 14.9. The molecule has 1 aromatic heterocycles. The summed E-state index contributed by atoms with van der Waals surface area (Å²) in [4.78, 5) is 7.23. The van der Waals surface area contributed by atoms with E-state index in [2.05, 4.69) is 46.5 Å². The summed E-state index contributed by atoms with van der Waals surface area (Å²) in [7, 11) is -4.13. The van der Waals surface area contributed by atoms with Gasteiger partial charge < -0.3 is 0 Å². The third-order valence-corrected chi connectivity index (χ3v) is 4.66. The molecule has 0 bridgehead atoms. The van der Waals surface area contributed by atoms with Crippen molar-refractivity contribution in [1.29, 1.82) is 0 Å². The highest BCUT2D eigenvalue weighted by atomic mass is 79.9. The van der Waals surface area contributed by atoms with E-state index in [1.165, 1.54) is 12.3 Å². The third-order valence-electron chi connectivity index (χ3n) is 2.12. The number of hydrogen-bond acceptors (Lipinski definition) is 4. The summed E-state index contributed by atoms with van der Waals surface area (Å²) >= 11 is 11.7. The average Bonchev–Trinajstić information content (AvgIpc) is 2.32. The zero-order valence-electron chi connectivity index (χ0n) is 9.44. The maximum absolute atomic E-state index is 13.7. The minimum absolute atomic E-state index is 0.0532. The van der Waals surface area contributed by atoms with Gasteiger partial charge >= 0.3 is 0 Å². The fraction of sp³-hybridized carbons (Fsp3) is 0. The molecule has 1 heterocycles. The van der Waals surface area contributed by atoms with E-state index in [1.54, 1.807) is 0 Å². The second-order valence-electron chi connectivity index (χ2n) is 3.51. The minimum Gasteiger partial charge on any atom is -0.261 e. The minimum atomic E-state index is -4.13. The Morgan fingerprint density at radius 3 is 2.60 bits per heavy atom. The number of halogens is 4. The normalized spacial score (nSPS) is 11.4. The van der Waals surface area contributed by atoms with Crippen LogP contribution in [0.1, 0.15) is 0 Å². The number of anilines is 1. The molecule has 106 valence electrons. The van der Waals surface area contributed by atoms with Crippen LogP contribution in [0.15, 0.2) is 38.5 Å². The van der Waals surface area contributed by atoms with Crippen molar-refractivity contribution >= 4 is 59.3 Å². The largest absolute Gasteiger partial charge is 0.266 e. The van der Waals surface area contributed by atoms with Crippen LogP contribution in [-0.4, -0.2) is 18.4 Å². The van der Waals surface area contributed by atoms with Gasteiger partial charge in [0.15, 0.2) is 10.4 Å². The molecule has 0 aliphatic carbocycles. The van der Waals surface area contributed by atoms with Crippen LogP contribution in [0, 0.1) is 5.82 Å². The first-order valence-electron chi connectivity index (χ1n) is 4.95.